The second-order valence-electron chi connectivity index (χ2n) is 4.23. The molecule has 0 aliphatic rings. The van der Waals surface area contributed by atoms with Crippen LogP contribution in [0.15, 0.2) is 30.7 Å². The van der Waals surface area contributed by atoms with Gasteiger partial charge in [-0.15, -0.1) is 0 Å². The Morgan fingerprint density at radius 2 is 2.33 bits per heavy atom. The molecule has 0 bridgehead atoms. The lowest BCUT2D eigenvalue weighted by atomic mass is 10.1. The normalized spacial score (nSPS) is 9.81. The molecule has 0 aliphatic heterocycles. The molecular weight excluding hydrogens is 273 g/mol. The van der Waals surface area contributed by atoms with E-state index >= 15 is 0 Å². The summed E-state index contributed by atoms with van der Waals surface area (Å²) in [5.41, 5.74) is 1.43. The number of carbonyl (C=O) groups is 1. The molecule has 6 heteroatoms. The number of aliphatic hydroxyl groups excluding tert-OH is 1. The first kappa shape index (κ1) is 14.8. The van der Waals surface area contributed by atoms with Crippen molar-refractivity contribution in [1.29, 1.82) is 0 Å². The molecule has 2 rings (SSSR count). The molecule has 1 amide bonds. The van der Waals surface area contributed by atoms with Crippen molar-refractivity contribution in [2.45, 2.75) is 6.42 Å². The van der Waals surface area contributed by atoms with Gasteiger partial charge in [-0.25, -0.2) is 9.37 Å². The molecule has 108 valence electrons. The number of H-pyrrole nitrogens is 1. The minimum atomic E-state index is -0.511. The van der Waals surface area contributed by atoms with Crippen molar-refractivity contribution in [3.8, 4) is 11.8 Å². The first-order valence-electron chi connectivity index (χ1n) is 6.35. The van der Waals surface area contributed by atoms with Crippen molar-refractivity contribution in [2.75, 3.05) is 13.2 Å². The standard InChI is InChI=1S/C15H14FN3O2/c16-12-4-3-11(2-1-7-20)14(8-12)15(21)18-6-5-13-9-17-10-19-13/h3-4,8-10,20H,5-7H2,(H,17,19)(H,18,21). The number of nitrogens with one attached hydrogen (secondary N) is 2. The van der Waals surface area contributed by atoms with Crippen LogP contribution in [0.1, 0.15) is 21.6 Å². The first-order chi connectivity index (χ1) is 10.2. The van der Waals surface area contributed by atoms with Gasteiger partial charge in [0.25, 0.3) is 5.91 Å². The molecule has 1 heterocycles. The number of halogens is 1. The van der Waals surface area contributed by atoms with Crippen LogP contribution in [0.3, 0.4) is 0 Å². The third-order valence-electron chi connectivity index (χ3n) is 2.76. The van der Waals surface area contributed by atoms with Gasteiger partial charge in [0, 0.05) is 30.4 Å². The Hall–Kier alpha value is -2.65. The molecule has 1 aromatic carbocycles. The van der Waals surface area contributed by atoms with E-state index in [0.29, 0.717) is 18.5 Å². The summed E-state index contributed by atoms with van der Waals surface area (Å²) in [6.07, 6.45) is 3.83. The Labute approximate surface area is 121 Å². The van der Waals surface area contributed by atoms with Crippen molar-refractivity contribution >= 4 is 5.91 Å². The summed E-state index contributed by atoms with van der Waals surface area (Å²) in [6.45, 7) is 0.0721. The molecule has 0 fully saturated rings. The molecule has 2 aromatic rings. The molecule has 21 heavy (non-hydrogen) atoms. The number of amides is 1. The number of aliphatic hydroxyl groups is 1. The molecule has 0 saturated carbocycles. The van der Waals surface area contributed by atoms with Crippen molar-refractivity contribution in [3.63, 3.8) is 0 Å². The highest BCUT2D eigenvalue weighted by Gasteiger charge is 2.11. The molecule has 0 atom stereocenters. The van der Waals surface area contributed by atoms with Gasteiger partial charge in [-0.1, -0.05) is 11.8 Å². The van der Waals surface area contributed by atoms with E-state index in [1.807, 2.05) is 0 Å². The fourth-order valence-electron chi connectivity index (χ4n) is 1.78. The Morgan fingerprint density at radius 3 is 3.05 bits per heavy atom. The predicted molar refractivity (Wildman–Crippen MR) is 75.0 cm³/mol. The van der Waals surface area contributed by atoms with Crippen LogP contribution in [0.4, 0.5) is 4.39 Å². The monoisotopic (exact) mass is 287 g/mol. The molecule has 0 unspecified atom stereocenters. The number of rotatable bonds is 4. The van der Waals surface area contributed by atoms with Crippen molar-refractivity contribution in [2.24, 2.45) is 0 Å². The van der Waals surface area contributed by atoms with Crippen LogP contribution in [0.5, 0.6) is 0 Å². The van der Waals surface area contributed by atoms with Crippen molar-refractivity contribution in [1.82, 2.24) is 15.3 Å². The zero-order valence-electron chi connectivity index (χ0n) is 11.2. The summed E-state index contributed by atoms with van der Waals surface area (Å²) in [7, 11) is 0. The van der Waals surface area contributed by atoms with E-state index in [1.54, 1.807) is 12.5 Å². The topological polar surface area (TPSA) is 78.0 Å². The second-order valence-corrected chi connectivity index (χ2v) is 4.23. The van der Waals surface area contributed by atoms with Crippen LogP contribution < -0.4 is 5.32 Å². The lowest BCUT2D eigenvalue weighted by Gasteiger charge is -2.06. The summed E-state index contributed by atoms with van der Waals surface area (Å²) < 4.78 is 13.3. The van der Waals surface area contributed by atoms with Gasteiger partial charge in [-0.05, 0) is 18.2 Å². The number of hydrogen-bond acceptors (Lipinski definition) is 3. The van der Waals surface area contributed by atoms with E-state index < -0.39 is 11.7 Å². The fourth-order valence-corrected chi connectivity index (χ4v) is 1.78. The Balaban J connectivity index is 2.05. The zero-order chi connectivity index (χ0) is 15.1. The van der Waals surface area contributed by atoms with E-state index in [1.165, 1.54) is 12.1 Å². The number of carbonyl (C=O) groups excluding carboxylic acids is 1. The third kappa shape index (κ3) is 4.16. The highest BCUT2D eigenvalue weighted by atomic mass is 19.1. The number of aromatic nitrogens is 2. The van der Waals surface area contributed by atoms with Crippen LogP contribution in [-0.2, 0) is 6.42 Å². The summed E-state index contributed by atoms with van der Waals surface area (Å²) >= 11 is 0. The van der Waals surface area contributed by atoms with Gasteiger partial charge in [0.05, 0.1) is 11.9 Å². The summed E-state index contributed by atoms with van der Waals surface area (Å²) in [5.74, 6) is 4.16. The predicted octanol–water partition coefficient (Wildman–Crippen LogP) is 0.865. The molecule has 0 radical (unpaired) electrons. The largest absolute Gasteiger partial charge is 0.384 e. The maximum absolute atomic E-state index is 13.3. The SMILES string of the molecule is O=C(NCCc1cnc[nH]1)c1cc(F)ccc1C#CCO. The van der Waals surface area contributed by atoms with Crippen LogP contribution >= 0.6 is 0 Å². The van der Waals surface area contributed by atoms with Gasteiger partial charge in [0.2, 0.25) is 0 Å². The summed E-state index contributed by atoms with van der Waals surface area (Å²) in [4.78, 5) is 18.9. The molecular formula is C15H14FN3O2. The van der Waals surface area contributed by atoms with Gasteiger partial charge in [-0.2, -0.15) is 0 Å². The minimum Gasteiger partial charge on any atom is -0.384 e. The van der Waals surface area contributed by atoms with Gasteiger partial charge in [0.1, 0.15) is 12.4 Å². The molecule has 0 spiro atoms. The van der Waals surface area contributed by atoms with Crippen molar-refractivity contribution < 1.29 is 14.3 Å². The summed E-state index contributed by atoms with van der Waals surface area (Å²) in [5, 5.41) is 11.4. The van der Waals surface area contributed by atoms with Crippen LogP contribution in [-0.4, -0.2) is 34.1 Å². The van der Waals surface area contributed by atoms with E-state index in [9.17, 15) is 9.18 Å². The number of imidazole rings is 1. The van der Waals surface area contributed by atoms with E-state index in [2.05, 4.69) is 27.1 Å². The van der Waals surface area contributed by atoms with Gasteiger partial charge in [-0.3, -0.25) is 4.79 Å². The quantitative estimate of drug-likeness (QED) is 0.730. The van der Waals surface area contributed by atoms with E-state index in [-0.39, 0.29) is 12.2 Å². The van der Waals surface area contributed by atoms with E-state index in [0.717, 1.165) is 11.8 Å². The zero-order valence-corrected chi connectivity index (χ0v) is 11.2. The van der Waals surface area contributed by atoms with Gasteiger partial charge >= 0.3 is 0 Å². The van der Waals surface area contributed by atoms with Crippen LogP contribution in [0, 0.1) is 17.7 Å². The van der Waals surface area contributed by atoms with Gasteiger partial charge in [0.15, 0.2) is 0 Å². The Bertz CT molecular complexity index is 672. The number of nitrogens with zero attached hydrogens (tertiary/aromatic N) is 1. The summed E-state index contributed by atoms with van der Waals surface area (Å²) in [6, 6.07) is 3.78. The molecule has 0 aliphatic carbocycles. The van der Waals surface area contributed by atoms with Crippen LogP contribution in [0.25, 0.3) is 0 Å². The van der Waals surface area contributed by atoms with E-state index in [4.69, 9.17) is 5.11 Å². The average Bonchev–Trinajstić information content (AvgIpc) is 2.99. The van der Waals surface area contributed by atoms with Gasteiger partial charge < -0.3 is 15.4 Å². The molecule has 5 nitrogen and oxygen atoms in total. The lowest BCUT2D eigenvalue weighted by Crippen LogP contribution is -2.26. The van der Waals surface area contributed by atoms with Crippen molar-refractivity contribution in [3.05, 3.63) is 53.4 Å². The maximum atomic E-state index is 13.3. The lowest BCUT2D eigenvalue weighted by molar-refractivity contribution is 0.0953. The minimum absolute atomic E-state index is 0.153. The van der Waals surface area contributed by atoms with Crippen LogP contribution in [0.2, 0.25) is 0 Å². The number of benzene rings is 1. The maximum Gasteiger partial charge on any atom is 0.252 e. The average molecular weight is 287 g/mol. The highest BCUT2D eigenvalue weighted by molar-refractivity contribution is 5.96. The molecule has 1 aromatic heterocycles. The third-order valence-corrected chi connectivity index (χ3v) is 2.76. The Morgan fingerprint density at radius 1 is 1.48 bits per heavy atom. The Kier molecular flexibility index (Phi) is 5.07. The number of aromatic amines is 1. The molecule has 3 N–H and O–H groups in total. The number of hydrogen-bond donors (Lipinski definition) is 3. The molecule has 0 saturated heterocycles. The first-order valence-corrected chi connectivity index (χ1v) is 6.35. The highest BCUT2D eigenvalue weighted by Crippen LogP contribution is 2.10. The fraction of sp³-hybridized carbons (Fsp3) is 0.200. The second kappa shape index (κ2) is 7.22. The smallest absolute Gasteiger partial charge is 0.252 e.